The molecule has 104 valence electrons. The molecule has 2 heteroatoms. The first-order chi connectivity index (χ1) is 9.62. The average molecular weight is 268 g/mol. The third-order valence-electron chi connectivity index (χ3n) is 4.39. The van der Waals surface area contributed by atoms with E-state index in [4.69, 9.17) is 0 Å². The van der Waals surface area contributed by atoms with E-state index in [0.717, 1.165) is 17.5 Å². The quantitative estimate of drug-likeness (QED) is 0.877. The van der Waals surface area contributed by atoms with Crippen molar-refractivity contribution in [1.29, 1.82) is 0 Å². The number of hydrogen-bond acceptors (Lipinski definition) is 2. The second-order valence-electron chi connectivity index (χ2n) is 5.83. The molecule has 20 heavy (non-hydrogen) atoms. The van der Waals surface area contributed by atoms with E-state index in [9.17, 15) is 10.2 Å². The first-order valence-corrected chi connectivity index (χ1v) is 7.18. The van der Waals surface area contributed by atoms with Gasteiger partial charge in [0.1, 0.15) is 0 Å². The smallest absolute Gasteiger partial charge is 0.0927 e. The number of hydrogen-bond donors (Lipinski definition) is 2. The summed E-state index contributed by atoms with van der Waals surface area (Å²) in [5, 5.41) is 22.0. The molecule has 0 radical (unpaired) electrons. The van der Waals surface area contributed by atoms with Crippen molar-refractivity contribution in [3.8, 4) is 0 Å². The Bertz CT molecular complexity index is 515. The average Bonchev–Trinajstić information content (AvgIpc) is 2.49. The third-order valence-corrected chi connectivity index (χ3v) is 4.39. The zero-order valence-corrected chi connectivity index (χ0v) is 11.5. The fourth-order valence-electron chi connectivity index (χ4n) is 3.32. The summed E-state index contributed by atoms with van der Waals surface area (Å²) >= 11 is 0. The molecule has 2 N–H and O–H groups in total. The van der Waals surface area contributed by atoms with Gasteiger partial charge in [-0.1, -0.05) is 60.7 Å². The molecule has 3 rings (SSSR count). The molecule has 2 nitrogen and oxygen atoms in total. The van der Waals surface area contributed by atoms with E-state index in [1.807, 2.05) is 60.7 Å². The lowest BCUT2D eigenvalue weighted by atomic mass is 9.69. The minimum atomic E-state index is -0.940. The number of benzene rings is 2. The molecule has 0 aliphatic heterocycles. The zero-order chi connectivity index (χ0) is 14.1. The van der Waals surface area contributed by atoms with Crippen molar-refractivity contribution in [2.24, 2.45) is 0 Å². The standard InChI is InChI=1S/C18H20O2/c19-17(15-8-3-1-4-9-15)12-7-13-18(20,14-17)16-10-5-2-6-11-16/h1-6,8-11,19-20H,7,12-14H2. The van der Waals surface area contributed by atoms with Crippen molar-refractivity contribution in [2.75, 3.05) is 0 Å². The van der Waals surface area contributed by atoms with Gasteiger partial charge >= 0.3 is 0 Å². The van der Waals surface area contributed by atoms with Crippen LogP contribution >= 0.6 is 0 Å². The molecule has 0 aromatic heterocycles. The van der Waals surface area contributed by atoms with E-state index in [1.165, 1.54) is 0 Å². The third kappa shape index (κ3) is 2.37. The molecule has 0 heterocycles. The maximum atomic E-state index is 11.0. The molecule has 2 aromatic rings. The van der Waals surface area contributed by atoms with Crippen LogP contribution in [0.3, 0.4) is 0 Å². The lowest BCUT2D eigenvalue weighted by Crippen LogP contribution is -2.42. The van der Waals surface area contributed by atoms with Crippen LogP contribution < -0.4 is 0 Å². The molecule has 1 saturated carbocycles. The van der Waals surface area contributed by atoms with Gasteiger partial charge in [-0.2, -0.15) is 0 Å². The molecule has 0 spiro atoms. The van der Waals surface area contributed by atoms with Crippen LogP contribution in [0.1, 0.15) is 36.8 Å². The van der Waals surface area contributed by atoms with Crippen LogP contribution in [0.4, 0.5) is 0 Å². The van der Waals surface area contributed by atoms with Crippen LogP contribution in [0.5, 0.6) is 0 Å². The molecule has 1 aliphatic rings. The van der Waals surface area contributed by atoms with Crippen LogP contribution in [-0.2, 0) is 11.2 Å². The molecule has 2 aromatic carbocycles. The second kappa shape index (κ2) is 5.04. The van der Waals surface area contributed by atoms with Crippen LogP contribution in [0.25, 0.3) is 0 Å². The minimum absolute atomic E-state index is 0.355. The van der Waals surface area contributed by atoms with Gasteiger partial charge in [0.15, 0.2) is 0 Å². The van der Waals surface area contributed by atoms with Crippen molar-refractivity contribution in [2.45, 2.75) is 36.9 Å². The fourth-order valence-corrected chi connectivity index (χ4v) is 3.32. The molecule has 2 unspecified atom stereocenters. The summed E-state index contributed by atoms with van der Waals surface area (Å²) in [6.07, 6.45) is 2.57. The van der Waals surface area contributed by atoms with Crippen LogP contribution in [0, 0.1) is 0 Å². The summed E-state index contributed by atoms with van der Waals surface area (Å²) in [6.45, 7) is 0. The van der Waals surface area contributed by atoms with E-state index >= 15 is 0 Å². The first kappa shape index (κ1) is 13.3. The van der Waals surface area contributed by atoms with E-state index in [-0.39, 0.29) is 0 Å². The summed E-state index contributed by atoms with van der Waals surface area (Å²) in [6, 6.07) is 19.4. The van der Waals surface area contributed by atoms with Gasteiger partial charge in [-0.15, -0.1) is 0 Å². The highest BCUT2D eigenvalue weighted by atomic mass is 16.3. The van der Waals surface area contributed by atoms with E-state index in [0.29, 0.717) is 19.3 Å². The Hall–Kier alpha value is -1.64. The van der Waals surface area contributed by atoms with Crippen LogP contribution in [0.2, 0.25) is 0 Å². The summed E-state index contributed by atoms with van der Waals surface area (Å²) in [5.74, 6) is 0. The topological polar surface area (TPSA) is 40.5 Å². The van der Waals surface area contributed by atoms with Gasteiger partial charge in [0.25, 0.3) is 0 Å². The maximum Gasteiger partial charge on any atom is 0.0927 e. The van der Waals surface area contributed by atoms with Crippen molar-refractivity contribution in [1.82, 2.24) is 0 Å². The van der Waals surface area contributed by atoms with Crippen molar-refractivity contribution >= 4 is 0 Å². The van der Waals surface area contributed by atoms with Gasteiger partial charge in [-0.3, -0.25) is 0 Å². The molecule has 0 saturated heterocycles. The predicted octanol–water partition coefficient (Wildman–Crippen LogP) is 3.34. The number of rotatable bonds is 2. The summed E-state index contributed by atoms with van der Waals surface area (Å²) < 4.78 is 0. The summed E-state index contributed by atoms with van der Waals surface area (Å²) in [5.41, 5.74) is -0.0862. The van der Waals surface area contributed by atoms with Gasteiger partial charge in [-0.25, -0.2) is 0 Å². The Labute approximate surface area is 119 Å². The molecule has 1 fully saturated rings. The first-order valence-electron chi connectivity index (χ1n) is 7.18. The summed E-state index contributed by atoms with van der Waals surface area (Å²) in [4.78, 5) is 0. The van der Waals surface area contributed by atoms with Crippen molar-refractivity contribution in [3.05, 3.63) is 71.8 Å². The monoisotopic (exact) mass is 268 g/mol. The lowest BCUT2D eigenvalue weighted by molar-refractivity contribution is -0.109. The predicted molar refractivity (Wildman–Crippen MR) is 79.1 cm³/mol. The Morgan fingerprint density at radius 2 is 1.05 bits per heavy atom. The van der Waals surface area contributed by atoms with E-state index in [1.54, 1.807) is 0 Å². The van der Waals surface area contributed by atoms with Crippen molar-refractivity contribution in [3.63, 3.8) is 0 Å². The Morgan fingerprint density at radius 1 is 0.650 bits per heavy atom. The van der Waals surface area contributed by atoms with Gasteiger partial charge < -0.3 is 10.2 Å². The Kier molecular flexibility index (Phi) is 3.36. The van der Waals surface area contributed by atoms with Gasteiger partial charge in [0, 0.05) is 6.42 Å². The van der Waals surface area contributed by atoms with Gasteiger partial charge in [0.2, 0.25) is 0 Å². The zero-order valence-electron chi connectivity index (χ0n) is 11.5. The molecule has 1 aliphatic carbocycles. The Morgan fingerprint density at radius 3 is 1.45 bits per heavy atom. The minimum Gasteiger partial charge on any atom is -0.385 e. The van der Waals surface area contributed by atoms with Gasteiger partial charge in [0.05, 0.1) is 11.2 Å². The summed E-state index contributed by atoms with van der Waals surface area (Å²) in [7, 11) is 0. The van der Waals surface area contributed by atoms with Crippen molar-refractivity contribution < 1.29 is 10.2 Å². The van der Waals surface area contributed by atoms with E-state index < -0.39 is 11.2 Å². The highest BCUT2D eigenvalue weighted by molar-refractivity contribution is 5.28. The molecule has 2 atom stereocenters. The van der Waals surface area contributed by atoms with E-state index in [2.05, 4.69) is 0 Å². The highest BCUT2D eigenvalue weighted by Gasteiger charge is 2.44. The normalized spacial score (nSPS) is 30.1. The molecule has 0 bridgehead atoms. The van der Waals surface area contributed by atoms with Crippen LogP contribution in [0.15, 0.2) is 60.7 Å². The second-order valence-corrected chi connectivity index (χ2v) is 5.83. The number of aliphatic hydroxyl groups is 2. The fraction of sp³-hybridized carbons (Fsp3) is 0.333. The molecular weight excluding hydrogens is 248 g/mol. The molecular formula is C18H20O2. The lowest BCUT2D eigenvalue weighted by Gasteiger charge is -2.43. The molecule has 0 amide bonds. The maximum absolute atomic E-state index is 11.0. The SMILES string of the molecule is OC1(c2ccccc2)CCCC(O)(c2ccccc2)C1. The largest absolute Gasteiger partial charge is 0.385 e. The highest BCUT2D eigenvalue weighted by Crippen LogP contribution is 2.46. The van der Waals surface area contributed by atoms with Crippen LogP contribution in [-0.4, -0.2) is 10.2 Å². The van der Waals surface area contributed by atoms with Gasteiger partial charge in [-0.05, 0) is 30.4 Å². The Balaban J connectivity index is 1.94.